The molecule has 8 heteroatoms. The number of hydrogen-bond donors (Lipinski definition) is 2. The van der Waals surface area contributed by atoms with E-state index >= 15 is 0 Å². The van der Waals surface area contributed by atoms with Gasteiger partial charge in [-0.3, -0.25) is 9.59 Å². The van der Waals surface area contributed by atoms with Crippen molar-refractivity contribution in [3.05, 3.63) is 76.1 Å². The first-order valence-electron chi connectivity index (χ1n) is 9.29. The number of carbonyl (C=O) groups is 1. The number of H-pyrrole nitrogens is 1. The van der Waals surface area contributed by atoms with Crippen LogP contribution in [0.4, 0.5) is 18.9 Å². The molecule has 2 N–H and O–H groups in total. The zero-order chi connectivity index (χ0) is 21.3. The first kappa shape index (κ1) is 19.8. The summed E-state index contributed by atoms with van der Waals surface area (Å²) in [4.78, 5) is 27.0. The summed E-state index contributed by atoms with van der Waals surface area (Å²) >= 11 is 0. The lowest BCUT2D eigenvalue weighted by Crippen LogP contribution is -2.11. The summed E-state index contributed by atoms with van der Waals surface area (Å²) in [5, 5.41) is 3.50. The fraction of sp³-hybridized carbons (Fsp3) is 0.182. The Labute approximate surface area is 169 Å². The number of alkyl halides is 3. The van der Waals surface area contributed by atoms with Crippen molar-refractivity contribution in [3.8, 4) is 5.75 Å². The van der Waals surface area contributed by atoms with Crippen molar-refractivity contribution in [1.29, 1.82) is 0 Å². The molecule has 0 radical (unpaired) electrons. The molecule has 1 amide bonds. The summed E-state index contributed by atoms with van der Waals surface area (Å²) in [6.07, 6.45) is -2.06. The number of ether oxygens (including phenoxy) is 1. The van der Waals surface area contributed by atoms with E-state index in [9.17, 15) is 22.8 Å². The van der Waals surface area contributed by atoms with E-state index in [1.165, 1.54) is 18.2 Å². The zero-order valence-electron chi connectivity index (χ0n) is 15.7. The Morgan fingerprint density at radius 2 is 1.97 bits per heavy atom. The van der Waals surface area contributed by atoms with E-state index in [0.29, 0.717) is 35.2 Å². The highest BCUT2D eigenvalue weighted by atomic mass is 19.4. The molecular weight excluding hydrogens is 397 g/mol. The Kier molecular flexibility index (Phi) is 5.07. The number of allylic oxidation sites excluding steroid dienone is 1. The van der Waals surface area contributed by atoms with E-state index in [1.54, 1.807) is 24.3 Å². The van der Waals surface area contributed by atoms with Gasteiger partial charge in [-0.1, -0.05) is 18.2 Å². The Balaban J connectivity index is 1.66. The smallest absolute Gasteiger partial charge is 0.416 e. The van der Waals surface area contributed by atoms with Crippen LogP contribution in [0.3, 0.4) is 0 Å². The number of nitrogens with one attached hydrogen (secondary N) is 2. The number of amides is 1. The summed E-state index contributed by atoms with van der Waals surface area (Å²) < 4.78 is 44.5. The van der Waals surface area contributed by atoms with Gasteiger partial charge in [0.05, 0.1) is 23.4 Å². The molecule has 1 aliphatic rings. The number of aromatic nitrogens is 1. The van der Waals surface area contributed by atoms with E-state index in [-0.39, 0.29) is 17.9 Å². The topological polar surface area (TPSA) is 71.2 Å². The van der Waals surface area contributed by atoms with Crippen LogP contribution < -0.4 is 15.6 Å². The number of rotatable bonds is 2. The molecule has 0 saturated carbocycles. The standard InChI is InChI=1S/C22H17F3N2O3/c23-22(24,25)15-7-8-16-14(4-2-10-30-18(16)12-15)11-20(29)26-17-5-1-3-13-6-9-19(28)27-21(13)17/h1,3,5-9,11-12H,2,4,10H2,(H,26,29)(H,27,28). The number of benzene rings is 2. The first-order chi connectivity index (χ1) is 14.3. The van der Waals surface area contributed by atoms with Crippen molar-refractivity contribution in [3.63, 3.8) is 0 Å². The number of anilines is 1. The van der Waals surface area contributed by atoms with Crippen molar-refractivity contribution in [1.82, 2.24) is 4.98 Å². The van der Waals surface area contributed by atoms with Crippen LogP contribution in [-0.4, -0.2) is 17.5 Å². The highest BCUT2D eigenvalue weighted by Crippen LogP contribution is 2.38. The van der Waals surface area contributed by atoms with Crippen LogP contribution in [0.5, 0.6) is 5.75 Å². The molecule has 1 aliphatic heterocycles. The average Bonchev–Trinajstić information content (AvgIpc) is 2.89. The lowest BCUT2D eigenvalue weighted by atomic mass is 9.99. The molecule has 0 saturated heterocycles. The van der Waals surface area contributed by atoms with E-state index in [1.807, 2.05) is 0 Å². The maximum Gasteiger partial charge on any atom is 0.416 e. The van der Waals surface area contributed by atoms with Gasteiger partial charge in [0.1, 0.15) is 5.75 Å². The van der Waals surface area contributed by atoms with Crippen molar-refractivity contribution in [2.45, 2.75) is 19.0 Å². The molecule has 0 unspecified atom stereocenters. The monoisotopic (exact) mass is 414 g/mol. The molecule has 0 aliphatic carbocycles. The highest BCUT2D eigenvalue weighted by Gasteiger charge is 2.32. The largest absolute Gasteiger partial charge is 0.493 e. The van der Waals surface area contributed by atoms with E-state index < -0.39 is 17.6 Å². The number of pyridine rings is 1. The van der Waals surface area contributed by atoms with Crippen LogP contribution in [0.1, 0.15) is 24.0 Å². The molecule has 2 heterocycles. The molecule has 3 aromatic rings. The molecule has 1 aromatic heterocycles. The number of aromatic amines is 1. The fourth-order valence-electron chi connectivity index (χ4n) is 3.42. The number of hydrogen-bond acceptors (Lipinski definition) is 3. The second kappa shape index (κ2) is 7.70. The van der Waals surface area contributed by atoms with Gasteiger partial charge >= 0.3 is 6.18 Å². The molecular formula is C22H17F3N2O3. The third-order valence-electron chi connectivity index (χ3n) is 4.83. The summed E-state index contributed by atoms with van der Waals surface area (Å²) in [6, 6.07) is 11.5. The van der Waals surface area contributed by atoms with E-state index in [2.05, 4.69) is 10.3 Å². The Bertz CT molecular complexity index is 1210. The number of fused-ring (bicyclic) bond motifs is 2. The Hall–Kier alpha value is -3.55. The summed E-state index contributed by atoms with van der Waals surface area (Å²) in [6.45, 7) is 0.262. The van der Waals surface area contributed by atoms with Gasteiger partial charge in [0.25, 0.3) is 0 Å². The minimum atomic E-state index is -4.47. The minimum absolute atomic E-state index is 0.107. The van der Waals surface area contributed by atoms with Crippen LogP contribution in [0.25, 0.3) is 16.5 Å². The SMILES string of the molecule is O=C(C=C1CCCOc2cc(C(F)(F)F)ccc21)Nc1cccc2ccc(=O)[nH]c12. The van der Waals surface area contributed by atoms with E-state index in [4.69, 9.17) is 4.74 Å². The van der Waals surface area contributed by atoms with Crippen LogP contribution in [0.2, 0.25) is 0 Å². The number of para-hydroxylation sites is 1. The van der Waals surface area contributed by atoms with Crippen molar-refractivity contribution in [2.24, 2.45) is 0 Å². The summed E-state index contributed by atoms with van der Waals surface area (Å²) in [5.41, 5.74) is 0.884. The number of halogens is 3. The fourth-order valence-corrected chi connectivity index (χ4v) is 3.42. The maximum absolute atomic E-state index is 13.0. The van der Waals surface area contributed by atoms with Crippen LogP contribution in [0.15, 0.2) is 59.4 Å². The predicted octanol–water partition coefficient (Wildman–Crippen LogP) is 4.74. The van der Waals surface area contributed by atoms with Gasteiger partial charge in [-0.15, -0.1) is 0 Å². The third-order valence-corrected chi connectivity index (χ3v) is 4.83. The van der Waals surface area contributed by atoms with Crippen LogP contribution in [0, 0.1) is 0 Å². The maximum atomic E-state index is 13.0. The molecule has 154 valence electrons. The predicted molar refractivity (Wildman–Crippen MR) is 107 cm³/mol. The molecule has 0 atom stereocenters. The molecule has 5 nitrogen and oxygen atoms in total. The van der Waals surface area contributed by atoms with Gasteiger partial charge in [0, 0.05) is 23.1 Å². The lowest BCUT2D eigenvalue weighted by Gasteiger charge is -2.13. The lowest BCUT2D eigenvalue weighted by molar-refractivity contribution is -0.137. The Morgan fingerprint density at radius 1 is 1.13 bits per heavy atom. The van der Waals surface area contributed by atoms with Crippen molar-refractivity contribution < 1.29 is 22.7 Å². The second-order valence-electron chi connectivity index (χ2n) is 6.91. The first-order valence-corrected chi connectivity index (χ1v) is 9.29. The highest BCUT2D eigenvalue weighted by molar-refractivity contribution is 6.08. The van der Waals surface area contributed by atoms with Gasteiger partial charge in [0.2, 0.25) is 11.5 Å². The third kappa shape index (κ3) is 4.07. The summed E-state index contributed by atoms with van der Waals surface area (Å²) in [5.74, 6) is -0.342. The van der Waals surface area contributed by atoms with Crippen LogP contribution >= 0.6 is 0 Å². The molecule has 4 rings (SSSR count). The second-order valence-corrected chi connectivity index (χ2v) is 6.91. The molecule has 0 bridgehead atoms. The molecule has 2 aromatic carbocycles. The van der Waals surface area contributed by atoms with Crippen LogP contribution in [-0.2, 0) is 11.0 Å². The zero-order valence-corrected chi connectivity index (χ0v) is 15.7. The minimum Gasteiger partial charge on any atom is -0.493 e. The van der Waals surface area contributed by atoms with Gasteiger partial charge < -0.3 is 15.0 Å². The van der Waals surface area contributed by atoms with Gasteiger partial charge in [0.15, 0.2) is 0 Å². The van der Waals surface area contributed by atoms with Gasteiger partial charge in [-0.2, -0.15) is 13.2 Å². The van der Waals surface area contributed by atoms with Crippen molar-refractivity contribution in [2.75, 3.05) is 11.9 Å². The van der Waals surface area contributed by atoms with Crippen molar-refractivity contribution >= 4 is 28.1 Å². The normalized spacial score (nSPS) is 15.4. The average molecular weight is 414 g/mol. The van der Waals surface area contributed by atoms with E-state index in [0.717, 1.165) is 17.5 Å². The molecule has 0 fully saturated rings. The molecule has 0 spiro atoms. The molecule has 30 heavy (non-hydrogen) atoms. The van der Waals surface area contributed by atoms with Gasteiger partial charge in [-0.05, 0) is 42.7 Å². The number of carbonyl (C=O) groups excluding carboxylic acids is 1. The Morgan fingerprint density at radius 3 is 2.77 bits per heavy atom. The summed E-state index contributed by atoms with van der Waals surface area (Å²) in [7, 11) is 0. The van der Waals surface area contributed by atoms with Gasteiger partial charge in [-0.25, -0.2) is 0 Å². The quantitative estimate of drug-likeness (QED) is 0.595.